The number of hydrogen-bond acceptors (Lipinski definition) is 2. The summed E-state index contributed by atoms with van der Waals surface area (Å²) in [5, 5.41) is 3.47. The molecule has 2 rings (SSSR count). The molecule has 1 heterocycles. The van der Waals surface area contributed by atoms with Gasteiger partial charge in [0.05, 0.1) is 11.5 Å². The summed E-state index contributed by atoms with van der Waals surface area (Å²) in [6.45, 7) is 4.90. The van der Waals surface area contributed by atoms with Gasteiger partial charge in [-0.25, -0.2) is 0 Å². The Labute approximate surface area is 119 Å². The second-order valence-electron chi connectivity index (χ2n) is 6.61. The molecule has 1 saturated carbocycles. The van der Waals surface area contributed by atoms with E-state index in [9.17, 15) is 13.2 Å². The minimum absolute atomic E-state index is 0.0135. The smallest absolute Gasteiger partial charge is 0.375 e. The number of halogens is 3. The summed E-state index contributed by atoms with van der Waals surface area (Å²) in [6, 6.07) is 0.310. The van der Waals surface area contributed by atoms with Crippen LogP contribution >= 0.6 is 0 Å². The van der Waals surface area contributed by atoms with Crippen molar-refractivity contribution in [3.63, 3.8) is 0 Å². The van der Waals surface area contributed by atoms with Gasteiger partial charge in [0.25, 0.3) is 0 Å². The lowest BCUT2D eigenvalue weighted by molar-refractivity contribution is -0.184. The van der Waals surface area contributed by atoms with Gasteiger partial charge < -0.3 is 10.1 Å². The van der Waals surface area contributed by atoms with Gasteiger partial charge in [0.1, 0.15) is 0 Å². The fourth-order valence-electron chi connectivity index (χ4n) is 3.49. The average molecular weight is 293 g/mol. The quantitative estimate of drug-likeness (QED) is 0.847. The predicted molar refractivity (Wildman–Crippen MR) is 72.6 cm³/mol. The molecule has 118 valence electrons. The van der Waals surface area contributed by atoms with Crippen LogP contribution in [-0.2, 0) is 4.74 Å². The van der Waals surface area contributed by atoms with Gasteiger partial charge in [-0.3, -0.25) is 0 Å². The standard InChI is InChI=1S/C15H26F3NO/c1-3-14(2)10-13(7-8-20-14)19-12-6-4-5-11(9-12)15(16,17)18/h11-13,19H,3-10H2,1-2H3. The second-order valence-corrected chi connectivity index (χ2v) is 6.61. The molecule has 4 atom stereocenters. The van der Waals surface area contributed by atoms with Gasteiger partial charge in [-0.15, -0.1) is 0 Å². The van der Waals surface area contributed by atoms with Crippen molar-refractivity contribution < 1.29 is 17.9 Å². The van der Waals surface area contributed by atoms with E-state index in [1.54, 1.807) is 0 Å². The Bertz CT molecular complexity index is 321. The van der Waals surface area contributed by atoms with Crippen LogP contribution < -0.4 is 5.32 Å². The van der Waals surface area contributed by atoms with E-state index in [1.807, 2.05) is 0 Å². The minimum Gasteiger partial charge on any atom is -0.375 e. The number of hydrogen-bond donors (Lipinski definition) is 1. The van der Waals surface area contributed by atoms with E-state index in [4.69, 9.17) is 4.74 Å². The number of rotatable bonds is 3. The van der Waals surface area contributed by atoms with Crippen LogP contribution in [0.15, 0.2) is 0 Å². The number of ether oxygens (including phenoxy) is 1. The SMILES string of the molecule is CCC1(C)CC(NC2CCCC(C(F)(F)F)C2)CCO1. The zero-order valence-electron chi connectivity index (χ0n) is 12.4. The lowest BCUT2D eigenvalue weighted by atomic mass is 9.83. The van der Waals surface area contributed by atoms with Crippen molar-refractivity contribution in [1.29, 1.82) is 0 Å². The van der Waals surface area contributed by atoms with Gasteiger partial charge in [-0.05, 0) is 45.4 Å². The van der Waals surface area contributed by atoms with E-state index in [0.29, 0.717) is 25.5 Å². The highest BCUT2D eigenvalue weighted by Crippen LogP contribution is 2.38. The molecule has 0 aromatic heterocycles. The van der Waals surface area contributed by atoms with E-state index in [-0.39, 0.29) is 18.1 Å². The maximum absolute atomic E-state index is 12.8. The Hall–Kier alpha value is -0.290. The first kappa shape index (κ1) is 16.1. The molecule has 1 saturated heterocycles. The molecule has 1 N–H and O–H groups in total. The van der Waals surface area contributed by atoms with Gasteiger partial charge in [0.15, 0.2) is 0 Å². The van der Waals surface area contributed by atoms with Crippen LogP contribution in [0.1, 0.15) is 58.8 Å². The van der Waals surface area contributed by atoms with Crippen LogP contribution in [-0.4, -0.2) is 30.5 Å². The van der Waals surface area contributed by atoms with Crippen LogP contribution in [0.5, 0.6) is 0 Å². The Morgan fingerprint density at radius 3 is 2.60 bits per heavy atom. The van der Waals surface area contributed by atoms with E-state index < -0.39 is 12.1 Å². The summed E-state index contributed by atoms with van der Waals surface area (Å²) >= 11 is 0. The fourth-order valence-corrected chi connectivity index (χ4v) is 3.49. The van der Waals surface area contributed by atoms with Gasteiger partial charge in [-0.2, -0.15) is 13.2 Å². The van der Waals surface area contributed by atoms with E-state index >= 15 is 0 Å². The Balaban J connectivity index is 1.86. The van der Waals surface area contributed by atoms with Crippen molar-refractivity contribution in [2.45, 2.75) is 82.7 Å². The van der Waals surface area contributed by atoms with Gasteiger partial charge in [-0.1, -0.05) is 13.3 Å². The molecule has 20 heavy (non-hydrogen) atoms. The molecule has 0 radical (unpaired) electrons. The van der Waals surface area contributed by atoms with Crippen LogP contribution in [0.25, 0.3) is 0 Å². The first-order valence-electron chi connectivity index (χ1n) is 7.79. The topological polar surface area (TPSA) is 21.3 Å². The van der Waals surface area contributed by atoms with Crippen molar-refractivity contribution in [1.82, 2.24) is 5.32 Å². The van der Waals surface area contributed by atoms with E-state index in [1.165, 1.54) is 0 Å². The van der Waals surface area contributed by atoms with Gasteiger partial charge in [0.2, 0.25) is 0 Å². The Morgan fingerprint density at radius 1 is 1.20 bits per heavy atom. The van der Waals surface area contributed by atoms with Gasteiger partial charge in [0, 0.05) is 18.7 Å². The number of alkyl halides is 3. The summed E-state index contributed by atoms with van der Waals surface area (Å²) < 4.78 is 44.3. The first-order valence-corrected chi connectivity index (χ1v) is 7.79. The van der Waals surface area contributed by atoms with Crippen LogP contribution in [0.4, 0.5) is 13.2 Å². The molecular weight excluding hydrogens is 267 g/mol. The van der Waals surface area contributed by atoms with E-state index in [2.05, 4.69) is 19.2 Å². The molecule has 5 heteroatoms. The summed E-state index contributed by atoms with van der Waals surface area (Å²) in [4.78, 5) is 0. The molecule has 0 amide bonds. The normalized spacial score (nSPS) is 39.8. The summed E-state index contributed by atoms with van der Waals surface area (Å²) in [5.41, 5.74) is -0.117. The summed E-state index contributed by atoms with van der Waals surface area (Å²) in [5.74, 6) is -1.12. The highest BCUT2D eigenvalue weighted by Gasteiger charge is 2.42. The molecule has 1 aliphatic carbocycles. The molecular formula is C15H26F3NO. The third kappa shape index (κ3) is 4.10. The van der Waals surface area contributed by atoms with Crippen molar-refractivity contribution in [3.8, 4) is 0 Å². The zero-order valence-corrected chi connectivity index (χ0v) is 12.4. The molecule has 2 fully saturated rings. The highest BCUT2D eigenvalue weighted by molar-refractivity contribution is 4.89. The largest absolute Gasteiger partial charge is 0.391 e. The lowest BCUT2D eigenvalue weighted by Crippen LogP contribution is -2.50. The summed E-state index contributed by atoms with van der Waals surface area (Å²) in [7, 11) is 0. The molecule has 0 aromatic carbocycles. The van der Waals surface area contributed by atoms with Crippen molar-refractivity contribution in [3.05, 3.63) is 0 Å². The molecule has 4 unspecified atom stereocenters. The Kier molecular flexibility index (Phi) is 5.00. The molecule has 0 aromatic rings. The van der Waals surface area contributed by atoms with Crippen molar-refractivity contribution in [2.24, 2.45) is 5.92 Å². The first-order chi connectivity index (χ1) is 9.32. The maximum atomic E-state index is 12.8. The molecule has 1 aliphatic heterocycles. The molecule has 2 aliphatic rings. The Morgan fingerprint density at radius 2 is 1.95 bits per heavy atom. The third-order valence-electron chi connectivity index (χ3n) is 4.95. The van der Waals surface area contributed by atoms with Crippen LogP contribution in [0.3, 0.4) is 0 Å². The zero-order chi connectivity index (χ0) is 14.8. The molecule has 0 spiro atoms. The van der Waals surface area contributed by atoms with Crippen molar-refractivity contribution >= 4 is 0 Å². The monoisotopic (exact) mass is 293 g/mol. The van der Waals surface area contributed by atoms with Crippen molar-refractivity contribution in [2.75, 3.05) is 6.61 Å². The average Bonchev–Trinajstić information content (AvgIpc) is 2.38. The lowest BCUT2D eigenvalue weighted by Gasteiger charge is -2.41. The second kappa shape index (κ2) is 6.22. The van der Waals surface area contributed by atoms with Crippen LogP contribution in [0.2, 0.25) is 0 Å². The maximum Gasteiger partial charge on any atom is 0.391 e. The third-order valence-corrected chi connectivity index (χ3v) is 4.95. The fraction of sp³-hybridized carbons (Fsp3) is 1.00. The molecule has 2 nitrogen and oxygen atoms in total. The number of nitrogens with one attached hydrogen (secondary N) is 1. The van der Waals surface area contributed by atoms with E-state index in [0.717, 1.165) is 25.7 Å². The summed E-state index contributed by atoms with van der Waals surface area (Å²) in [6.07, 6.45) is 0.795. The minimum atomic E-state index is -4.03. The van der Waals surface area contributed by atoms with Gasteiger partial charge >= 0.3 is 6.18 Å². The predicted octanol–water partition coefficient (Wildman–Crippen LogP) is 4.04. The highest BCUT2D eigenvalue weighted by atomic mass is 19.4. The molecule has 0 bridgehead atoms. The van der Waals surface area contributed by atoms with Crippen LogP contribution in [0, 0.1) is 5.92 Å².